The first-order valence-electron chi connectivity index (χ1n) is 6.14. The third-order valence-corrected chi connectivity index (χ3v) is 6.10. The van der Waals surface area contributed by atoms with Crippen LogP contribution >= 0.6 is 23.5 Å². The summed E-state index contributed by atoms with van der Waals surface area (Å²) in [6.45, 7) is 0.788. The second-order valence-corrected chi connectivity index (χ2v) is 6.87. The molecule has 19 heavy (non-hydrogen) atoms. The van der Waals surface area contributed by atoms with Gasteiger partial charge >= 0.3 is 0 Å². The summed E-state index contributed by atoms with van der Waals surface area (Å²) < 4.78 is 1.06. The van der Waals surface area contributed by atoms with Gasteiger partial charge in [0.1, 0.15) is 15.3 Å². The zero-order chi connectivity index (χ0) is 13.5. The standard InChI is InChI=1S/C13H17N3OS2/c1-14-11-13(8-15-12(18-3)19-13)9-6-4-5-7-10(9)16(11)17-2/h4-7,11,14H,8H2,1-3H3/t11-,13-/m0/s1. The largest absolute Gasteiger partial charge is 0.297 e. The highest BCUT2D eigenvalue weighted by Crippen LogP contribution is 2.55. The summed E-state index contributed by atoms with van der Waals surface area (Å²) in [6.07, 6.45) is 2.17. The predicted molar refractivity (Wildman–Crippen MR) is 83.9 cm³/mol. The number of nitrogens with zero attached hydrogens (tertiary/aromatic N) is 2. The van der Waals surface area contributed by atoms with E-state index in [4.69, 9.17) is 4.84 Å². The fourth-order valence-corrected chi connectivity index (χ4v) is 5.00. The molecule has 1 spiro atoms. The van der Waals surface area contributed by atoms with Crippen LogP contribution in [0.3, 0.4) is 0 Å². The zero-order valence-electron chi connectivity index (χ0n) is 11.2. The number of thioether (sulfide) groups is 2. The molecule has 2 aliphatic rings. The summed E-state index contributed by atoms with van der Waals surface area (Å²) in [5.41, 5.74) is 2.43. The van der Waals surface area contributed by atoms with Crippen LogP contribution in [0.1, 0.15) is 5.56 Å². The van der Waals surface area contributed by atoms with E-state index < -0.39 is 0 Å². The average molecular weight is 295 g/mol. The lowest BCUT2D eigenvalue weighted by Gasteiger charge is -2.33. The normalized spacial score (nSPS) is 28.9. The number of para-hydroxylation sites is 1. The number of aliphatic imine (C=N–C) groups is 1. The van der Waals surface area contributed by atoms with E-state index in [0.717, 1.165) is 16.6 Å². The second-order valence-electron chi connectivity index (χ2n) is 4.49. The molecular formula is C13H17N3OS2. The zero-order valence-corrected chi connectivity index (χ0v) is 12.8. The Hall–Kier alpha value is -0.690. The van der Waals surface area contributed by atoms with Gasteiger partial charge in [0.05, 0.1) is 19.3 Å². The Morgan fingerprint density at radius 3 is 2.95 bits per heavy atom. The Morgan fingerprint density at radius 2 is 2.32 bits per heavy atom. The highest BCUT2D eigenvalue weighted by molar-refractivity contribution is 8.39. The molecule has 0 amide bonds. The van der Waals surface area contributed by atoms with Crippen LogP contribution in [0.5, 0.6) is 0 Å². The Balaban J connectivity index is 2.09. The molecule has 6 heteroatoms. The van der Waals surface area contributed by atoms with Gasteiger partial charge in [-0.2, -0.15) is 0 Å². The van der Waals surface area contributed by atoms with Crippen molar-refractivity contribution in [2.24, 2.45) is 4.99 Å². The maximum Gasteiger partial charge on any atom is 0.127 e. The van der Waals surface area contributed by atoms with E-state index in [0.29, 0.717) is 0 Å². The number of hydrogen-bond acceptors (Lipinski definition) is 6. The SMILES string of the molecule is CN[C@H]1N(OC)c2ccccc2[C@@]12CN=C(SC)S2. The first-order valence-corrected chi connectivity index (χ1v) is 8.18. The van der Waals surface area contributed by atoms with Gasteiger partial charge in [-0.25, -0.2) is 5.06 Å². The molecule has 1 N–H and O–H groups in total. The summed E-state index contributed by atoms with van der Waals surface area (Å²) in [6, 6.07) is 8.43. The molecule has 102 valence electrons. The molecule has 4 nitrogen and oxygen atoms in total. The lowest BCUT2D eigenvalue weighted by Crippen LogP contribution is -2.51. The number of anilines is 1. The molecule has 0 saturated heterocycles. The number of hydrogen-bond donors (Lipinski definition) is 1. The van der Waals surface area contributed by atoms with E-state index in [-0.39, 0.29) is 10.9 Å². The topological polar surface area (TPSA) is 36.9 Å². The van der Waals surface area contributed by atoms with Crippen LogP contribution in [0.25, 0.3) is 0 Å². The second kappa shape index (κ2) is 5.01. The van der Waals surface area contributed by atoms with Gasteiger partial charge in [0, 0.05) is 0 Å². The van der Waals surface area contributed by atoms with Gasteiger partial charge in [-0.05, 0) is 24.9 Å². The van der Waals surface area contributed by atoms with Crippen molar-refractivity contribution in [3.8, 4) is 0 Å². The monoisotopic (exact) mass is 295 g/mol. The fraction of sp³-hybridized carbons (Fsp3) is 0.462. The average Bonchev–Trinajstić information content (AvgIpc) is 3.00. The summed E-state index contributed by atoms with van der Waals surface area (Å²) in [5, 5.41) is 5.35. The minimum atomic E-state index is -0.0836. The molecule has 3 rings (SSSR count). The summed E-state index contributed by atoms with van der Waals surface area (Å²) >= 11 is 3.56. The molecule has 2 atom stereocenters. The summed E-state index contributed by atoms with van der Waals surface area (Å²) in [5.74, 6) is 0. The lowest BCUT2D eigenvalue weighted by molar-refractivity contribution is 0.127. The van der Waals surface area contributed by atoms with Crippen molar-refractivity contribution >= 4 is 33.6 Å². The number of rotatable bonds is 2. The molecule has 0 unspecified atom stereocenters. The van der Waals surface area contributed by atoms with E-state index in [2.05, 4.69) is 34.8 Å². The van der Waals surface area contributed by atoms with E-state index in [1.54, 1.807) is 18.9 Å². The number of hydroxylamine groups is 1. The van der Waals surface area contributed by atoms with Crippen LogP contribution in [-0.4, -0.2) is 37.5 Å². The third kappa shape index (κ3) is 1.81. The van der Waals surface area contributed by atoms with Crippen LogP contribution in [0.15, 0.2) is 29.3 Å². The molecule has 0 bridgehead atoms. The van der Waals surface area contributed by atoms with Gasteiger partial charge in [-0.1, -0.05) is 30.0 Å². The van der Waals surface area contributed by atoms with Crippen LogP contribution < -0.4 is 10.4 Å². The van der Waals surface area contributed by atoms with E-state index in [1.165, 1.54) is 5.56 Å². The first kappa shape index (κ1) is 13.3. The van der Waals surface area contributed by atoms with Crippen molar-refractivity contribution in [2.45, 2.75) is 10.9 Å². The van der Waals surface area contributed by atoms with Crippen LogP contribution in [0.2, 0.25) is 0 Å². The molecule has 0 radical (unpaired) electrons. The number of likely N-dealkylation sites (N-methyl/N-ethyl adjacent to an activating group) is 1. The maximum atomic E-state index is 5.60. The molecule has 1 aromatic carbocycles. The minimum absolute atomic E-state index is 0.0836. The van der Waals surface area contributed by atoms with Crippen molar-refractivity contribution < 1.29 is 4.84 Å². The predicted octanol–water partition coefficient (Wildman–Crippen LogP) is 2.27. The van der Waals surface area contributed by atoms with Crippen molar-refractivity contribution in [3.63, 3.8) is 0 Å². The van der Waals surface area contributed by atoms with E-state index in [9.17, 15) is 0 Å². The van der Waals surface area contributed by atoms with Gasteiger partial charge in [0.2, 0.25) is 0 Å². The summed E-state index contributed by atoms with van der Waals surface area (Å²) in [4.78, 5) is 10.3. The molecule has 0 saturated carbocycles. The van der Waals surface area contributed by atoms with E-state index in [1.807, 2.05) is 29.9 Å². The number of benzene rings is 1. The smallest absolute Gasteiger partial charge is 0.127 e. The Morgan fingerprint density at radius 1 is 1.53 bits per heavy atom. The third-order valence-electron chi connectivity index (χ3n) is 3.63. The molecule has 2 heterocycles. The molecule has 0 aromatic heterocycles. The molecule has 1 aromatic rings. The van der Waals surface area contributed by atoms with Crippen molar-refractivity contribution in [1.29, 1.82) is 0 Å². The van der Waals surface area contributed by atoms with Gasteiger partial charge < -0.3 is 0 Å². The van der Waals surface area contributed by atoms with Crippen molar-refractivity contribution in [1.82, 2.24) is 5.32 Å². The fourth-order valence-electron chi connectivity index (χ4n) is 2.84. The first-order chi connectivity index (χ1) is 9.26. The van der Waals surface area contributed by atoms with Gasteiger partial charge in [0.15, 0.2) is 0 Å². The van der Waals surface area contributed by atoms with Crippen molar-refractivity contribution in [3.05, 3.63) is 29.8 Å². The van der Waals surface area contributed by atoms with Crippen LogP contribution in [-0.2, 0) is 9.58 Å². The van der Waals surface area contributed by atoms with E-state index >= 15 is 0 Å². The summed E-state index contributed by atoms with van der Waals surface area (Å²) in [7, 11) is 3.69. The van der Waals surface area contributed by atoms with Crippen molar-refractivity contribution in [2.75, 3.05) is 32.0 Å². The number of fused-ring (bicyclic) bond motifs is 2. The molecule has 0 aliphatic carbocycles. The lowest BCUT2D eigenvalue weighted by atomic mass is 9.98. The highest BCUT2D eigenvalue weighted by atomic mass is 32.2. The highest BCUT2D eigenvalue weighted by Gasteiger charge is 2.54. The Kier molecular flexibility index (Phi) is 3.51. The van der Waals surface area contributed by atoms with Gasteiger partial charge in [-0.3, -0.25) is 15.1 Å². The number of nitrogens with one attached hydrogen (secondary N) is 1. The van der Waals surface area contributed by atoms with Gasteiger partial charge in [-0.15, -0.1) is 11.8 Å². The Labute approximate surface area is 121 Å². The molecule has 0 fully saturated rings. The maximum absolute atomic E-state index is 5.60. The molecular weight excluding hydrogens is 278 g/mol. The van der Waals surface area contributed by atoms with Crippen LogP contribution in [0.4, 0.5) is 5.69 Å². The minimum Gasteiger partial charge on any atom is -0.297 e. The Bertz CT molecular complexity index is 522. The quantitative estimate of drug-likeness (QED) is 0.906. The van der Waals surface area contributed by atoms with Crippen LogP contribution in [0, 0.1) is 0 Å². The molecule has 2 aliphatic heterocycles. The van der Waals surface area contributed by atoms with Gasteiger partial charge in [0.25, 0.3) is 0 Å².